The van der Waals surface area contributed by atoms with Crippen molar-refractivity contribution in [2.75, 3.05) is 5.06 Å². The van der Waals surface area contributed by atoms with Crippen molar-refractivity contribution in [2.45, 2.75) is 31.9 Å². The summed E-state index contributed by atoms with van der Waals surface area (Å²) in [6.07, 6.45) is 2.29. The molecule has 2 aromatic rings. The Morgan fingerprint density at radius 2 is 2.06 bits per heavy atom. The molecule has 1 fully saturated rings. The highest BCUT2D eigenvalue weighted by molar-refractivity contribution is 5.56. The molecular weight excluding hydrogens is 226 g/mol. The van der Waals surface area contributed by atoms with Gasteiger partial charge in [-0.15, -0.1) is 0 Å². The number of hydrogen-bond donors (Lipinski definition) is 0. The van der Waals surface area contributed by atoms with E-state index in [9.17, 15) is 0 Å². The molecule has 3 nitrogen and oxygen atoms in total. The van der Waals surface area contributed by atoms with Crippen molar-refractivity contribution in [1.29, 1.82) is 0 Å². The lowest BCUT2D eigenvalue weighted by atomic mass is 10.0. The van der Waals surface area contributed by atoms with E-state index < -0.39 is 0 Å². The first-order valence-electron chi connectivity index (χ1n) is 6.41. The molecule has 2 atom stereocenters. The maximum absolute atomic E-state index is 5.97. The Morgan fingerprint density at radius 1 is 1.17 bits per heavy atom. The Balaban J connectivity index is 1.77. The Labute approximate surface area is 106 Å². The van der Waals surface area contributed by atoms with Crippen LogP contribution in [0.4, 0.5) is 5.69 Å². The zero-order chi connectivity index (χ0) is 12.1. The van der Waals surface area contributed by atoms with Crippen LogP contribution in [0.25, 0.3) is 0 Å². The monoisotopic (exact) mass is 241 g/mol. The fourth-order valence-electron chi connectivity index (χ4n) is 2.98. The summed E-state index contributed by atoms with van der Waals surface area (Å²) in [6.45, 7) is 1.98. The SMILES string of the molecule is Cc1ccc([C@@H]2C[C@H]3Cc4ccccc4N2O3)o1. The number of furan rings is 1. The standard InChI is InChI=1S/C15H15NO2/c1-10-6-7-15(17-10)14-9-12-8-11-4-2-3-5-13(11)16(14)18-12/h2-7,12,14H,8-9H2,1H3/t12-,14+/m1/s1. The molecule has 2 aliphatic heterocycles. The molecule has 0 spiro atoms. The van der Waals surface area contributed by atoms with Crippen LogP contribution >= 0.6 is 0 Å². The number of fused-ring (bicyclic) bond motifs is 4. The van der Waals surface area contributed by atoms with Gasteiger partial charge in [-0.2, -0.15) is 0 Å². The maximum atomic E-state index is 5.97. The van der Waals surface area contributed by atoms with Crippen molar-refractivity contribution >= 4 is 5.69 Å². The summed E-state index contributed by atoms with van der Waals surface area (Å²) in [5.74, 6) is 1.97. The van der Waals surface area contributed by atoms with Crippen LogP contribution in [0, 0.1) is 6.92 Å². The molecule has 1 saturated heterocycles. The molecule has 0 aliphatic carbocycles. The lowest BCUT2D eigenvalue weighted by molar-refractivity contribution is 0.0724. The minimum atomic E-state index is 0.215. The fourth-order valence-corrected chi connectivity index (χ4v) is 2.98. The summed E-state index contributed by atoms with van der Waals surface area (Å²) >= 11 is 0. The second-order valence-corrected chi connectivity index (χ2v) is 5.09. The maximum Gasteiger partial charge on any atom is 0.129 e. The van der Waals surface area contributed by atoms with Gasteiger partial charge in [0.2, 0.25) is 0 Å². The Morgan fingerprint density at radius 3 is 2.89 bits per heavy atom. The number of anilines is 1. The van der Waals surface area contributed by atoms with Gasteiger partial charge >= 0.3 is 0 Å². The lowest BCUT2D eigenvalue weighted by Crippen LogP contribution is -2.27. The van der Waals surface area contributed by atoms with Gasteiger partial charge in [-0.3, -0.25) is 4.84 Å². The second kappa shape index (κ2) is 3.62. The van der Waals surface area contributed by atoms with Gasteiger partial charge in [0.15, 0.2) is 0 Å². The first-order valence-corrected chi connectivity index (χ1v) is 6.41. The molecule has 1 aromatic heterocycles. The molecule has 0 unspecified atom stereocenters. The molecular formula is C15H15NO2. The number of hydroxylamine groups is 1. The molecule has 3 heteroatoms. The number of para-hydroxylation sites is 1. The topological polar surface area (TPSA) is 25.6 Å². The third-order valence-electron chi connectivity index (χ3n) is 3.80. The van der Waals surface area contributed by atoms with Gasteiger partial charge in [-0.05, 0) is 30.7 Å². The fraction of sp³-hybridized carbons (Fsp3) is 0.333. The summed E-state index contributed by atoms with van der Waals surface area (Å²) in [5, 5.41) is 2.03. The van der Waals surface area contributed by atoms with E-state index in [4.69, 9.17) is 9.25 Å². The van der Waals surface area contributed by atoms with E-state index in [1.165, 1.54) is 11.3 Å². The van der Waals surface area contributed by atoms with E-state index in [-0.39, 0.29) is 12.1 Å². The molecule has 0 radical (unpaired) electrons. The minimum Gasteiger partial charge on any atom is -0.464 e. The predicted molar refractivity (Wildman–Crippen MR) is 68.3 cm³/mol. The zero-order valence-electron chi connectivity index (χ0n) is 10.3. The molecule has 92 valence electrons. The third-order valence-corrected chi connectivity index (χ3v) is 3.80. The van der Waals surface area contributed by atoms with Crippen LogP contribution in [0.5, 0.6) is 0 Å². The number of hydrogen-bond acceptors (Lipinski definition) is 3. The van der Waals surface area contributed by atoms with E-state index in [0.717, 1.165) is 24.4 Å². The van der Waals surface area contributed by atoms with Crippen LogP contribution in [0.3, 0.4) is 0 Å². The van der Waals surface area contributed by atoms with E-state index in [2.05, 4.69) is 30.3 Å². The smallest absolute Gasteiger partial charge is 0.129 e. The van der Waals surface area contributed by atoms with Gasteiger partial charge in [0.05, 0.1) is 11.8 Å². The Bertz CT molecular complexity index is 590. The van der Waals surface area contributed by atoms with Crippen molar-refractivity contribution < 1.29 is 9.25 Å². The van der Waals surface area contributed by atoms with E-state index in [0.29, 0.717) is 0 Å². The van der Waals surface area contributed by atoms with Crippen LogP contribution in [0.1, 0.15) is 29.5 Å². The summed E-state index contributed by atoms with van der Waals surface area (Å²) in [4.78, 5) is 5.97. The van der Waals surface area contributed by atoms with Gasteiger partial charge in [-0.25, -0.2) is 5.06 Å². The molecule has 0 N–H and O–H groups in total. The molecule has 3 heterocycles. The first-order chi connectivity index (χ1) is 8.81. The molecule has 0 saturated carbocycles. The lowest BCUT2D eigenvalue weighted by Gasteiger charge is -2.29. The van der Waals surface area contributed by atoms with Crippen molar-refractivity contribution in [3.05, 3.63) is 53.5 Å². The average Bonchev–Trinajstić information content (AvgIpc) is 2.94. The van der Waals surface area contributed by atoms with E-state index in [1.54, 1.807) is 0 Å². The number of aryl methyl sites for hydroxylation is 1. The highest BCUT2D eigenvalue weighted by Gasteiger charge is 2.41. The van der Waals surface area contributed by atoms with Crippen LogP contribution in [-0.2, 0) is 11.3 Å². The molecule has 0 amide bonds. The average molecular weight is 241 g/mol. The molecule has 4 rings (SSSR count). The summed E-state index contributed by atoms with van der Waals surface area (Å²) in [7, 11) is 0. The molecule has 1 aromatic carbocycles. The summed E-state index contributed by atoms with van der Waals surface area (Å²) < 4.78 is 5.77. The van der Waals surface area contributed by atoms with Gasteiger partial charge < -0.3 is 4.42 Å². The van der Waals surface area contributed by atoms with Crippen molar-refractivity contribution in [3.63, 3.8) is 0 Å². The highest BCUT2D eigenvalue weighted by Crippen LogP contribution is 2.44. The second-order valence-electron chi connectivity index (χ2n) is 5.09. The van der Waals surface area contributed by atoms with Crippen LogP contribution in [-0.4, -0.2) is 6.10 Å². The van der Waals surface area contributed by atoms with Gasteiger partial charge in [0.25, 0.3) is 0 Å². The van der Waals surface area contributed by atoms with Crippen molar-refractivity contribution in [3.8, 4) is 0 Å². The van der Waals surface area contributed by atoms with E-state index in [1.807, 2.05) is 18.1 Å². The quantitative estimate of drug-likeness (QED) is 0.765. The summed E-state index contributed by atoms with van der Waals surface area (Å²) in [5.41, 5.74) is 2.56. The van der Waals surface area contributed by atoms with Gasteiger partial charge in [0, 0.05) is 12.8 Å². The molecule has 2 aliphatic rings. The van der Waals surface area contributed by atoms with Gasteiger partial charge in [-0.1, -0.05) is 18.2 Å². The summed E-state index contributed by atoms with van der Waals surface area (Å²) in [6, 6.07) is 12.8. The van der Waals surface area contributed by atoms with Crippen molar-refractivity contribution in [1.82, 2.24) is 0 Å². The normalized spacial score (nSPS) is 25.3. The zero-order valence-corrected chi connectivity index (χ0v) is 10.3. The third kappa shape index (κ3) is 1.40. The number of nitrogens with zero attached hydrogens (tertiary/aromatic N) is 1. The van der Waals surface area contributed by atoms with Crippen LogP contribution < -0.4 is 5.06 Å². The Hall–Kier alpha value is -1.74. The minimum absolute atomic E-state index is 0.215. The van der Waals surface area contributed by atoms with Gasteiger partial charge in [0.1, 0.15) is 17.6 Å². The first kappa shape index (κ1) is 10.2. The number of benzene rings is 1. The Kier molecular flexibility index (Phi) is 2.06. The molecule has 18 heavy (non-hydrogen) atoms. The van der Waals surface area contributed by atoms with Crippen LogP contribution in [0.2, 0.25) is 0 Å². The van der Waals surface area contributed by atoms with Crippen molar-refractivity contribution in [2.24, 2.45) is 0 Å². The largest absolute Gasteiger partial charge is 0.464 e. The number of rotatable bonds is 1. The highest BCUT2D eigenvalue weighted by atomic mass is 16.7. The molecule has 2 bridgehead atoms. The predicted octanol–water partition coefficient (Wildman–Crippen LogP) is 3.40. The van der Waals surface area contributed by atoms with E-state index >= 15 is 0 Å². The van der Waals surface area contributed by atoms with Crippen LogP contribution in [0.15, 0.2) is 40.8 Å².